The number of likely N-dealkylation sites (N-methyl/N-ethyl adjacent to an activating group) is 1. The zero-order valence-electron chi connectivity index (χ0n) is 19.6. The van der Waals surface area contributed by atoms with Crippen molar-refractivity contribution in [3.05, 3.63) is 0 Å². The van der Waals surface area contributed by atoms with Crippen LogP contribution in [0, 0.1) is 5.92 Å². The average Bonchev–Trinajstić information content (AvgIpc) is 2.75. The molecule has 7 nitrogen and oxygen atoms in total. The van der Waals surface area contributed by atoms with Crippen LogP contribution >= 0.6 is 24.4 Å². The summed E-state index contributed by atoms with van der Waals surface area (Å²) in [5.41, 5.74) is 6.02. The maximum Gasteiger partial charge on any atom is 0.328 e. The molecule has 0 aliphatic rings. The summed E-state index contributed by atoms with van der Waals surface area (Å²) >= 11 is 5.90. The number of thiol groups is 1. The van der Waals surface area contributed by atoms with Crippen LogP contribution in [-0.2, 0) is 14.3 Å². The van der Waals surface area contributed by atoms with Gasteiger partial charge in [0.05, 0.1) is 13.2 Å². The Kier molecular flexibility index (Phi) is 16.8. The van der Waals surface area contributed by atoms with Gasteiger partial charge in [-0.1, -0.05) is 33.6 Å². The molecular formula is C21H44N4O3S2. The van der Waals surface area contributed by atoms with Gasteiger partial charge in [-0.3, -0.25) is 9.69 Å². The highest BCUT2D eigenvalue weighted by molar-refractivity contribution is 7.98. The van der Waals surface area contributed by atoms with E-state index in [4.69, 9.17) is 10.5 Å². The van der Waals surface area contributed by atoms with Gasteiger partial charge in [0.1, 0.15) is 6.04 Å². The summed E-state index contributed by atoms with van der Waals surface area (Å²) in [6.45, 7) is 7.86. The number of rotatable bonds is 17. The maximum absolute atomic E-state index is 13.1. The molecule has 0 radical (unpaired) electrons. The van der Waals surface area contributed by atoms with E-state index in [1.165, 1.54) is 7.11 Å². The van der Waals surface area contributed by atoms with Crippen molar-refractivity contribution in [3.63, 3.8) is 0 Å². The number of amides is 1. The summed E-state index contributed by atoms with van der Waals surface area (Å²) in [5, 5.41) is 6.49. The lowest BCUT2D eigenvalue weighted by Gasteiger charge is -2.34. The van der Waals surface area contributed by atoms with Crippen molar-refractivity contribution < 1.29 is 14.3 Å². The third kappa shape index (κ3) is 11.2. The lowest BCUT2D eigenvalue weighted by molar-refractivity contribution is -0.145. The Labute approximate surface area is 193 Å². The van der Waals surface area contributed by atoms with Crippen molar-refractivity contribution in [2.24, 2.45) is 11.7 Å². The van der Waals surface area contributed by atoms with Gasteiger partial charge in [-0.05, 0) is 37.8 Å². The van der Waals surface area contributed by atoms with E-state index in [0.29, 0.717) is 24.6 Å². The van der Waals surface area contributed by atoms with Crippen LogP contribution in [-0.4, -0.2) is 86.0 Å². The standard InChI is InChI=1S/C21H44N4O3S2/c1-7-9-19(20(26)24-17(10-11-30-6)21(27)28-5)25(4)13-18(15(3)8-2)23-12-16(22)14-29/h15-19,23,29H,7-14,22H2,1-6H3,(H,24,26)/t15?,16-,17?,18?,19?/m0/s1. The molecule has 0 aromatic rings. The number of hydrogen-bond donors (Lipinski definition) is 4. The molecule has 0 spiro atoms. The van der Waals surface area contributed by atoms with E-state index in [9.17, 15) is 9.59 Å². The molecule has 178 valence electrons. The number of ether oxygens (including phenoxy) is 1. The van der Waals surface area contributed by atoms with Crippen LogP contribution in [0.4, 0.5) is 0 Å². The summed E-state index contributed by atoms with van der Waals surface area (Å²) in [7, 11) is 3.33. The monoisotopic (exact) mass is 464 g/mol. The Morgan fingerprint density at radius 3 is 2.43 bits per heavy atom. The number of carbonyl (C=O) groups excluding carboxylic acids is 2. The molecule has 1 amide bonds. The first kappa shape index (κ1) is 29.5. The molecule has 0 fully saturated rings. The van der Waals surface area contributed by atoms with Crippen LogP contribution in [0.5, 0.6) is 0 Å². The largest absolute Gasteiger partial charge is 0.467 e. The van der Waals surface area contributed by atoms with Gasteiger partial charge in [-0.25, -0.2) is 4.79 Å². The number of carbonyl (C=O) groups is 2. The zero-order valence-corrected chi connectivity index (χ0v) is 21.4. The second-order valence-electron chi connectivity index (χ2n) is 7.95. The Morgan fingerprint density at radius 2 is 1.93 bits per heavy atom. The number of esters is 1. The first-order valence-corrected chi connectivity index (χ1v) is 12.9. The van der Waals surface area contributed by atoms with Crippen LogP contribution in [0.1, 0.15) is 46.5 Å². The molecule has 0 aromatic heterocycles. The number of thioether (sulfide) groups is 1. The topological polar surface area (TPSA) is 96.7 Å². The number of hydrogen-bond acceptors (Lipinski definition) is 8. The maximum atomic E-state index is 13.1. The third-order valence-electron chi connectivity index (χ3n) is 5.50. The van der Waals surface area contributed by atoms with Crippen LogP contribution < -0.4 is 16.4 Å². The highest BCUT2D eigenvalue weighted by atomic mass is 32.2. The number of nitrogens with zero attached hydrogens (tertiary/aromatic N) is 1. The van der Waals surface area contributed by atoms with Crippen molar-refractivity contribution >= 4 is 36.3 Å². The molecule has 5 atom stereocenters. The van der Waals surface area contributed by atoms with E-state index >= 15 is 0 Å². The lowest BCUT2D eigenvalue weighted by atomic mass is 9.97. The molecule has 30 heavy (non-hydrogen) atoms. The fraction of sp³-hybridized carbons (Fsp3) is 0.905. The highest BCUT2D eigenvalue weighted by Gasteiger charge is 2.30. The fourth-order valence-corrected chi connectivity index (χ4v) is 3.86. The predicted octanol–water partition coefficient (Wildman–Crippen LogP) is 1.76. The fourth-order valence-electron chi connectivity index (χ4n) is 3.25. The summed E-state index contributed by atoms with van der Waals surface area (Å²) in [5.74, 6) is 1.33. The van der Waals surface area contributed by atoms with Gasteiger partial charge in [0.2, 0.25) is 5.91 Å². The molecule has 0 aliphatic heterocycles. The Hall–Kier alpha value is -0.480. The summed E-state index contributed by atoms with van der Waals surface area (Å²) in [4.78, 5) is 27.3. The van der Waals surface area contributed by atoms with E-state index in [0.717, 1.165) is 31.6 Å². The zero-order chi connectivity index (χ0) is 23.1. The normalized spacial score (nSPS) is 16.6. The predicted molar refractivity (Wildman–Crippen MR) is 131 cm³/mol. The van der Waals surface area contributed by atoms with Gasteiger partial charge >= 0.3 is 5.97 Å². The smallest absolute Gasteiger partial charge is 0.328 e. The first-order chi connectivity index (χ1) is 14.2. The molecule has 0 saturated carbocycles. The molecule has 4 unspecified atom stereocenters. The quantitative estimate of drug-likeness (QED) is 0.192. The van der Waals surface area contributed by atoms with E-state index < -0.39 is 12.0 Å². The van der Waals surface area contributed by atoms with E-state index in [-0.39, 0.29) is 24.0 Å². The van der Waals surface area contributed by atoms with Crippen LogP contribution in [0.2, 0.25) is 0 Å². The van der Waals surface area contributed by atoms with Crippen molar-refractivity contribution in [1.29, 1.82) is 0 Å². The molecule has 0 aromatic carbocycles. The number of methoxy groups -OCH3 is 1. The molecule has 0 saturated heterocycles. The second-order valence-corrected chi connectivity index (χ2v) is 9.30. The molecule has 0 rings (SSSR count). The lowest BCUT2D eigenvalue weighted by Crippen LogP contribution is -2.55. The van der Waals surface area contributed by atoms with Crippen LogP contribution in [0.15, 0.2) is 0 Å². The Bertz CT molecular complexity index is 485. The second kappa shape index (κ2) is 17.1. The highest BCUT2D eigenvalue weighted by Crippen LogP contribution is 2.14. The summed E-state index contributed by atoms with van der Waals surface area (Å²) in [6, 6.07) is -0.703. The molecular weight excluding hydrogens is 420 g/mol. The number of nitrogens with two attached hydrogens (primary N) is 1. The van der Waals surface area contributed by atoms with Crippen molar-refractivity contribution in [1.82, 2.24) is 15.5 Å². The molecule has 4 N–H and O–H groups in total. The Morgan fingerprint density at radius 1 is 1.27 bits per heavy atom. The van der Waals surface area contributed by atoms with Gasteiger partial charge in [-0.2, -0.15) is 24.4 Å². The van der Waals surface area contributed by atoms with Gasteiger partial charge in [-0.15, -0.1) is 0 Å². The average molecular weight is 465 g/mol. The van der Waals surface area contributed by atoms with Crippen molar-refractivity contribution in [2.75, 3.05) is 45.0 Å². The minimum atomic E-state index is -0.612. The minimum Gasteiger partial charge on any atom is -0.467 e. The number of nitrogens with one attached hydrogen (secondary N) is 2. The van der Waals surface area contributed by atoms with E-state index in [1.807, 2.05) is 13.3 Å². The van der Waals surface area contributed by atoms with Crippen LogP contribution in [0.3, 0.4) is 0 Å². The molecule has 0 heterocycles. The van der Waals surface area contributed by atoms with Crippen molar-refractivity contribution in [3.8, 4) is 0 Å². The summed E-state index contributed by atoms with van der Waals surface area (Å²) in [6.07, 6.45) is 5.17. The first-order valence-electron chi connectivity index (χ1n) is 10.9. The third-order valence-corrected chi connectivity index (χ3v) is 6.61. The van der Waals surface area contributed by atoms with Gasteiger partial charge in [0, 0.05) is 30.9 Å². The van der Waals surface area contributed by atoms with E-state index in [1.54, 1.807) is 11.8 Å². The van der Waals surface area contributed by atoms with E-state index in [2.05, 4.69) is 48.9 Å². The SMILES string of the molecule is CCCC(C(=O)NC(CCSC)C(=O)OC)N(C)CC(NC[C@H](N)CS)C(C)CC. The molecule has 9 heteroatoms. The molecule has 0 bridgehead atoms. The summed E-state index contributed by atoms with van der Waals surface area (Å²) < 4.78 is 4.88. The van der Waals surface area contributed by atoms with Crippen LogP contribution in [0.25, 0.3) is 0 Å². The van der Waals surface area contributed by atoms with Gasteiger partial charge in [0.15, 0.2) is 0 Å². The molecule has 0 aliphatic carbocycles. The minimum absolute atomic E-state index is 0.00261. The van der Waals surface area contributed by atoms with Gasteiger partial charge < -0.3 is 21.1 Å². The Balaban J connectivity index is 5.22. The van der Waals surface area contributed by atoms with Crippen molar-refractivity contribution in [2.45, 2.75) is 70.6 Å². The van der Waals surface area contributed by atoms with Gasteiger partial charge in [0.25, 0.3) is 0 Å².